The van der Waals surface area contributed by atoms with Crippen LogP contribution in [0.4, 0.5) is 4.79 Å². The van der Waals surface area contributed by atoms with Crippen molar-refractivity contribution >= 4 is 17.9 Å². The summed E-state index contributed by atoms with van der Waals surface area (Å²) in [5.74, 6) is 0.484. The fourth-order valence-corrected chi connectivity index (χ4v) is 4.26. The van der Waals surface area contributed by atoms with Gasteiger partial charge in [-0.1, -0.05) is 27.2 Å². The van der Waals surface area contributed by atoms with Crippen LogP contribution in [0.15, 0.2) is 4.42 Å². The van der Waals surface area contributed by atoms with Gasteiger partial charge in [-0.15, -0.1) is 0 Å². The molecule has 0 radical (unpaired) electrons. The molecule has 160 valence electrons. The topological polar surface area (TPSA) is 102 Å². The second-order valence-corrected chi connectivity index (χ2v) is 8.93. The highest BCUT2D eigenvalue weighted by Crippen LogP contribution is 2.45. The Labute approximate surface area is 171 Å². The van der Waals surface area contributed by atoms with Gasteiger partial charge in [-0.05, 0) is 50.9 Å². The van der Waals surface area contributed by atoms with E-state index in [0.29, 0.717) is 30.4 Å². The molecule has 1 aliphatic heterocycles. The first-order chi connectivity index (χ1) is 13.6. The van der Waals surface area contributed by atoms with Crippen LogP contribution in [0.2, 0.25) is 0 Å². The highest BCUT2D eigenvalue weighted by Gasteiger charge is 2.53. The van der Waals surface area contributed by atoms with E-state index in [0.717, 1.165) is 29.9 Å². The van der Waals surface area contributed by atoms with Crippen LogP contribution >= 0.6 is 0 Å². The van der Waals surface area contributed by atoms with Crippen LogP contribution < -0.4 is 5.32 Å². The molecule has 0 aromatic carbocycles. The standard InChI is InChI=1S/C21H31N3O5/c1-6-20(4,5)15-7-9-21(10-8-15)18(26)24(19(27)23-21)11-17(25)28-12-16-22-13(2)14(3)29-16/h15H,6-12H2,1-5H3,(H,23,27). The fraction of sp³-hybridized carbons (Fsp3) is 0.714. The van der Waals surface area contributed by atoms with E-state index in [2.05, 4.69) is 31.1 Å². The third kappa shape index (κ3) is 4.16. The predicted octanol–water partition coefficient (Wildman–Crippen LogP) is 3.25. The monoisotopic (exact) mass is 405 g/mol. The number of amides is 3. The van der Waals surface area contributed by atoms with Crippen molar-refractivity contribution in [3.63, 3.8) is 0 Å². The van der Waals surface area contributed by atoms with Gasteiger partial charge in [-0.25, -0.2) is 9.78 Å². The number of urea groups is 1. The summed E-state index contributed by atoms with van der Waals surface area (Å²) < 4.78 is 10.5. The summed E-state index contributed by atoms with van der Waals surface area (Å²) in [7, 11) is 0. The van der Waals surface area contributed by atoms with Gasteiger partial charge in [0, 0.05) is 0 Å². The van der Waals surface area contributed by atoms with Gasteiger partial charge in [0.25, 0.3) is 5.91 Å². The molecule has 0 unspecified atom stereocenters. The van der Waals surface area contributed by atoms with Gasteiger partial charge in [0.2, 0.25) is 5.89 Å². The SMILES string of the molecule is CCC(C)(C)C1CCC2(CC1)NC(=O)N(CC(=O)OCc1nc(C)c(C)o1)C2=O. The normalized spacial score (nSPS) is 24.9. The van der Waals surface area contributed by atoms with Gasteiger partial charge >= 0.3 is 12.0 Å². The number of nitrogens with zero attached hydrogens (tertiary/aromatic N) is 2. The minimum atomic E-state index is -0.880. The van der Waals surface area contributed by atoms with Crippen LogP contribution in [0.3, 0.4) is 0 Å². The van der Waals surface area contributed by atoms with Gasteiger partial charge < -0.3 is 14.5 Å². The van der Waals surface area contributed by atoms with Crippen molar-refractivity contribution in [3.05, 3.63) is 17.3 Å². The van der Waals surface area contributed by atoms with Crippen LogP contribution in [0.25, 0.3) is 0 Å². The lowest BCUT2D eigenvalue weighted by molar-refractivity contribution is -0.149. The Morgan fingerprint density at radius 1 is 1.31 bits per heavy atom. The highest BCUT2D eigenvalue weighted by molar-refractivity contribution is 6.08. The zero-order valence-corrected chi connectivity index (χ0v) is 18.0. The van der Waals surface area contributed by atoms with Crippen molar-refractivity contribution in [1.29, 1.82) is 0 Å². The van der Waals surface area contributed by atoms with Crippen molar-refractivity contribution in [2.24, 2.45) is 11.3 Å². The quantitative estimate of drug-likeness (QED) is 0.576. The Morgan fingerprint density at radius 2 is 1.97 bits per heavy atom. The smallest absolute Gasteiger partial charge is 0.326 e. The lowest BCUT2D eigenvalue weighted by Crippen LogP contribution is -2.51. The molecular weight excluding hydrogens is 374 g/mol. The van der Waals surface area contributed by atoms with E-state index >= 15 is 0 Å². The molecule has 29 heavy (non-hydrogen) atoms. The first-order valence-electron chi connectivity index (χ1n) is 10.3. The summed E-state index contributed by atoms with van der Waals surface area (Å²) >= 11 is 0. The van der Waals surface area contributed by atoms with Crippen molar-refractivity contribution in [2.45, 2.75) is 78.9 Å². The minimum Gasteiger partial charge on any atom is -0.454 e. The summed E-state index contributed by atoms with van der Waals surface area (Å²) in [6.45, 7) is 9.73. The van der Waals surface area contributed by atoms with Crippen molar-refractivity contribution in [1.82, 2.24) is 15.2 Å². The average molecular weight is 405 g/mol. The van der Waals surface area contributed by atoms with E-state index in [-0.39, 0.29) is 17.9 Å². The maximum absolute atomic E-state index is 13.0. The molecule has 1 aliphatic carbocycles. The lowest BCUT2D eigenvalue weighted by atomic mass is 9.65. The molecule has 0 atom stereocenters. The summed E-state index contributed by atoms with van der Waals surface area (Å²) in [5, 5.41) is 2.85. The van der Waals surface area contributed by atoms with Crippen LogP contribution in [0.5, 0.6) is 0 Å². The summed E-state index contributed by atoms with van der Waals surface area (Å²) in [4.78, 5) is 42.7. The third-order valence-electron chi connectivity index (χ3n) is 6.82. The van der Waals surface area contributed by atoms with E-state index in [1.54, 1.807) is 13.8 Å². The molecule has 3 amide bonds. The van der Waals surface area contributed by atoms with Gasteiger partial charge in [0.1, 0.15) is 17.8 Å². The number of carbonyl (C=O) groups excluding carboxylic acids is 3. The lowest BCUT2D eigenvalue weighted by Gasteiger charge is -2.42. The first-order valence-corrected chi connectivity index (χ1v) is 10.3. The molecule has 1 spiro atoms. The molecule has 1 aromatic rings. The summed E-state index contributed by atoms with van der Waals surface area (Å²) in [6, 6.07) is -0.525. The number of aromatic nitrogens is 1. The highest BCUT2D eigenvalue weighted by atomic mass is 16.5. The Bertz CT molecular complexity index is 786. The second kappa shape index (κ2) is 7.80. The number of oxazole rings is 1. The molecule has 2 fully saturated rings. The second-order valence-electron chi connectivity index (χ2n) is 8.93. The van der Waals surface area contributed by atoms with Crippen LogP contribution in [0.1, 0.15) is 70.2 Å². The molecule has 1 N–H and O–H groups in total. The van der Waals surface area contributed by atoms with E-state index in [4.69, 9.17) is 9.15 Å². The molecule has 0 bridgehead atoms. The Balaban J connectivity index is 1.57. The average Bonchev–Trinajstić information content (AvgIpc) is 3.11. The van der Waals surface area contributed by atoms with E-state index in [1.165, 1.54) is 0 Å². The number of ether oxygens (including phenoxy) is 1. The van der Waals surface area contributed by atoms with Gasteiger partial charge in [0.15, 0.2) is 6.61 Å². The van der Waals surface area contributed by atoms with Crippen LogP contribution in [0, 0.1) is 25.2 Å². The number of hydrogen-bond donors (Lipinski definition) is 1. The number of carbonyl (C=O) groups is 3. The Morgan fingerprint density at radius 3 is 2.52 bits per heavy atom. The van der Waals surface area contributed by atoms with E-state index in [1.807, 2.05) is 0 Å². The third-order valence-corrected chi connectivity index (χ3v) is 6.82. The molecular formula is C21H31N3O5. The molecule has 1 saturated heterocycles. The largest absolute Gasteiger partial charge is 0.454 e. The van der Waals surface area contributed by atoms with Gasteiger partial charge in [0.05, 0.1) is 5.69 Å². The fourth-order valence-electron chi connectivity index (χ4n) is 4.26. The van der Waals surface area contributed by atoms with Crippen LogP contribution in [-0.2, 0) is 20.9 Å². The molecule has 3 rings (SSSR count). The predicted molar refractivity (Wildman–Crippen MR) is 105 cm³/mol. The first kappa shape index (κ1) is 21.3. The number of esters is 1. The molecule has 2 aliphatic rings. The van der Waals surface area contributed by atoms with E-state index < -0.39 is 24.1 Å². The number of nitrogens with one attached hydrogen (secondary N) is 1. The van der Waals surface area contributed by atoms with E-state index in [9.17, 15) is 14.4 Å². The maximum atomic E-state index is 13.0. The summed E-state index contributed by atoms with van der Waals surface area (Å²) in [5.41, 5.74) is 0.0657. The van der Waals surface area contributed by atoms with Gasteiger partial charge in [-0.3, -0.25) is 14.5 Å². The molecule has 8 heteroatoms. The zero-order chi connectivity index (χ0) is 21.4. The van der Waals surface area contributed by atoms with Crippen LogP contribution in [-0.4, -0.2) is 39.9 Å². The number of imide groups is 1. The minimum absolute atomic E-state index is 0.129. The number of rotatable bonds is 6. The number of aryl methyl sites for hydroxylation is 2. The Kier molecular flexibility index (Phi) is 5.74. The van der Waals surface area contributed by atoms with Crippen molar-refractivity contribution < 1.29 is 23.5 Å². The van der Waals surface area contributed by atoms with Gasteiger partial charge in [-0.2, -0.15) is 0 Å². The molecule has 1 aromatic heterocycles. The summed E-state index contributed by atoms with van der Waals surface area (Å²) in [6.07, 6.45) is 4.05. The van der Waals surface area contributed by atoms with Crippen molar-refractivity contribution in [3.8, 4) is 0 Å². The molecule has 2 heterocycles. The Hall–Kier alpha value is -2.38. The number of hydrogen-bond acceptors (Lipinski definition) is 6. The molecule has 1 saturated carbocycles. The zero-order valence-electron chi connectivity index (χ0n) is 18.0. The molecule has 8 nitrogen and oxygen atoms in total. The maximum Gasteiger partial charge on any atom is 0.326 e. The van der Waals surface area contributed by atoms with Crippen molar-refractivity contribution in [2.75, 3.05) is 6.54 Å².